The Morgan fingerprint density at radius 3 is 2.59 bits per heavy atom. The minimum absolute atomic E-state index is 0.786. The molecule has 2 aromatic carbocycles. The van der Waals surface area contributed by atoms with E-state index < -0.39 is 0 Å². The highest BCUT2D eigenvalue weighted by Gasteiger charge is 2.25. The minimum atomic E-state index is 0.786. The van der Waals surface area contributed by atoms with Gasteiger partial charge in [0, 0.05) is 27.7 Å². The van der Waals surface area contributed by atoms with Crippen LogP contribution in [0.1, 0.15) is 38.5 Å². The van der Waals surface area contributed by atoms with E-state index in [1.165, 1.54) is 44.0 Å². The fraction of sp³-hybridized carbons (Fsp3) is 0.400. The van der Waals surface area contributed by atoms with E-state index in [1.54, 1.807) is 0 Å². The molecule has 1 fully saturated rings. The van der Waals surface area contributed by atoms with Crippen LogP contribution in [0.4, 0.5) is 0 Å². The Morgan fingerprint density at radius 1 is 1.00 bits per heavy atom. The van der Waals surface area contributed by atoms with Gasteiger partial charge in [0.1, 0.15) is 5.75 Å². The second-order valence-corrected chi connectivity index (χ2v) is 8.94. The summed E-state index contributed by atoms with van der Waals surface area (Å²) in [6.45, 7) is 2.03. The monoisotopic (exact) mass is 452 g/mol. The molecule has 1 aromatic heterocycles. The van der Waals surface area contributed by atoms with Gasteiger partial charge in [-0.05, 0) is 81.1 Å². The average molecular weight is 453 g/mol. The molecule has 0 saturated heterocycles. The van der Waals surface area contributed by atoms with Crippen LogP contribution < -0.4 is 4.74 Å². The van der Waals surface area contributed by atoms with E-state index in [0.29, 0.717) is 0 Å². The normalized spacial score (nSPS) is 13.9. The number of halogens is 1. The largest absolute Gasteiger partial charge is 0.494 e. The topological polar surface area (TPSA) is 25.4 Å². The maximum Gasteiger partial charge on any atom is 0.119 e. The molecule has 0 unspecified atom stereocenters. The maximum absolute atomic E-state index is 6.01. The van der Waals surface area contributed by atoms with Crippen molar-refractivity contribution >= 4 is 26.7 Å². The Kier molecular flexibility index (Phi) is 6.83. The smallest absolute Gasteiger partial charge is 0.119 e. The lowest BCUT2D eigenvalue weighted by molar-refractivity contribution is 0.293. The molecule has 3 nitrogen and oxygen atoms in total. The summed E-state index contributed by atoms with van der Waals surface area (Å²) >= 11 is 3.50. The van der Waals surface area contributed by atoms with Gasteiger partial charge in [-0.3, -0.25) is 4.98 Å². The molecule has 1 heterocycles. The Labute approximate surface area is 182 Å². The van der Waals surface area contributed by atoms with Crippen LogP contribution in [0, 0.1) is 0 Å². The lowest BCUT2D eigenvalue weighted by Crippen LogP contribution is -2.21. The highest BCUT2D eigenvalue weighted by Crippen LogP contribution is 2.30. The molecule has 0 radical (unpaired) electrons. The quantitative estimate of drug-likeness (QED) is 0.320. The van der Waals surface area contributed by atoms with Crippen molar-refractivity contribution in [1.82, 2.24) is 9.88 Å². The summed E-state index contributed by atoms with van der Waals surface area (Å²) in [5.74, 6) is 0.943. The van der Waals surface area contributed by atoms with E-state index >= 15 is 0 Å². The molecule has 0 N–H and O–H groups in total. The third-order valence-electron chi connectivity index (χ3n) is 5.70. The highest BCUT2D eigenvalue weighted by atomic mass is 79.9. The molecule has 0 bridgehead atoms. The van der Waals surface area contributed by atoms with Crippen LogP contribution in [0.5, 0.6) is 5.75 Å². The fourth-order valence-electron chi connectivity index (χ4n) is 3.79. The molecule has 4 rings (SSSR count). The number of unbranched alkanes of at least 4 members (excludes halogenated alkanes) is 3. The van der Waals surface area contributed by atoms with Crippen LogP contribution in [0.15, 0.2) is 59.2 Å². The number of hydrogen-bond acceptors (Lipinski definition) is 3. The first-order chi connectivity index (χ1) is 14.2. The Balaban J connectivity index is 1.28. The zero-order chi connectivity index (χ0) is 20.1. The first-order valence-electron chi connectivity index (χ1n) is 10.7. The zero-order valence-electron chi connectivity index (χ0n) is 17.1. The number of aromatic nitrogens is 1. The number of hydrogen-bond donors (Lipinski definition) is 0. The van der Waals surface area contributed by atoms with E-state index in [-0.39, 0.29) is 0 Å². The van der Waals surface area contributed by atoms with E-state index in [0.717, 1.165) is 45.9 Å². The maximum atomic E-state index is 6.01. The third kappa shape index (κ3) is 5.58. The lowest BCUT2D eigenvalue weighted by atomic mass is 10.0. The predicted molar refractivity (Wildman–Crippen MR) is 124 cm³/mol. The van der Waals surface area contributed by atoms with E-state index in [9.17, 15) is 0 Å². The number of benzene rings is 2. The number of ether oxygens (including phenoxy) is 1. The lowest BCUT2D eigenvalue weighted by Gasteiger charge is -2.15. The Hall–Kier alpha value is -1.91. The molecule has 1 aliphatic rings. The molecule has 3 aromatic rings. The highest BCUT2D eigenvalue weighted by molar-refractivity contribution is 9.10. The van der Waals surface area contributed by atoms with Gasteiger partial charge >= 0.3 is 0 Å². The first kappa shape index (κ1) is 20.4. The third-order valence-corrected chi connectivity index (χ3v) is 6.23. The Bertz CT molecular complexity index is 937. The van der Waals surface area contributed by atoms with Gasteiger partial charge < -0.3 is 9.64 Å². The van der Waals surface area contributed by atoms with Crippen LogP contribution in [-0.4, -0.2) is 36.1 Å². The molecule has 4 heteroatoms. The number of pyridine rings is 1. The van der Waals surface area contributed by atoms with Crippen molar-refractivity contribution in [3.63, 3.8) is 0 Å². The second kappa shape index (κ2) is 9.73. The van der Waals surface area contributed by atoms with Crippen LogP contribution in [0.3, 0.4) is 0 Å². The van der Waals surface area contributed by atoms with Gasteiger partial charge in [0.15, 0.2) is 0 Å². The number of fused-ring (bicyclic) bond motifs is 1. The van der Waals surface area contributed by atoms with Crippen molar-refractivity contribution in [3.8, 4) is 17.0 Å². The van der Waals surface area contributed by atoms with Crippen molar-refractivity contribution in [1.29, 1.82) is 0 Å². The molecule has 0 amide bonds. The summed E-state index contributed by atoms with van der Waals surface area (Å²) in [4.78, 5) is 7.12. The molecule has 152 valence electrons. The minimum Gasteiger partial charge on any atom is -0.494 e. The van der Waals surface area contributed by atoms with Crippen LogP contribution in [-0.2, 0) is 0 Å². The Morgan fingerprint density at radius 2 is 1.79 bits per heavy atom. The van der Waals surface area contributed by atoms with Crippen molar-refractivity contribution in [3.05, 3.63) is 59.2 Å². The van der Waals surface area contributed by atoms with Crippen LogP contribution >= 0.6 is 15.9 Å². The van der Waals surface area contributed by atoms with Crippen molar-refractivity contribution < 1.29 is 4.74 Å². The van der Waals surface area contributed by atoms with E-state index in [4.69, 9.17) is 4.74 Å². The van der Waals surface area contributed by atoms with Gasteiger partial charge in [0.2, 0.25) is 0 Å². The molecule has 1 aliphatic carbocycles. The van der Waals surface area contributed by atoms with Crippen molar-refractivity contribution in [2.24, 2.45) is 0 Å². The first-order valence-corrected chi connectivity index (χ1v) is 11.5. The average Bonchev–Trinajstić information content (AvgIpc) is 3.58. The van der Waals surface area contributed by atoms with Crippen LogP contribution in [0.25, 0.3) is 22.0 Å². The van der Waals surface area contributed by atoms with Gasteiger partial charge in [-0.1, -0.05) is 40.9 Å². The molecule has 29 heavy (non-hydrogen) atoms. The van der Waals surface area contributed by atoms with Gasteiger partial charge in [0.25, 0.3) is 0 Å². The molecule has 0 atom stereocenters. The van der Waals surface area contributed by atoms with E-state index in [1.807, 2.05) is 6.20 Å². The molecular weight excluding hydrogens is 424 g/mol. The predicted octanol–water partition coefficient (Wildman–Crippen LogP) is 6.70. The van der Waals surface area contributed by atoms with Gasteiger partial charge in [-0.2, -0.15) is 0 Å². The summed E-state index contributed by atoms with van der Waals surface area (Å²) in [7, 11) is 2.26. The summed E-state index contributed by atoms with van der Waals surface area (Å²) in [5, 5.41) is 2.32. The van der Waals surface area contributed by atoms with Gasteiger partial charge in [-0.25, -0.2) is 0 Å². The summed E-state index contributed by atoms with van der Waals surface area (Å²) in [6, 6.07) is 17.6. The SMILES string of the molecule is CN(CCCCCCOc1ccc2c(-c3ccc(Br)cc3)nccc2c1)C1CC1. The van der Waals surface area contributed by atoms with Gasteiger partial charge in [0.05, 0.1) is 12.3 Å². The van der Waals surface area contributed by atoms with Crippen molar-refractivity contribution in [2.45, 2.75) is 44.6 Å². The van der Waals surface area contributed by atoms with E-state index in [2.05, 4.69) is 81.4 Å². The van der Waals surface area contributed by atoms with Crippen LogP contribution in [0.2, 0.25) is 0 Å². The van der Waals surface area contributed by atoms with Crippen molar-refractivity contribution in [2.75, 3.05) is 20.2 Å². The fourth-order valence-corrected chi connectivity index (χ4v) is 4.05. The standard InChI is InChI=1S/C25H29BrN2O/c1-28(22-10-11-22)16-4-2-3-5-17-29-23-12-13-24-20(18-23)14-15-27-25(24)19-6-8-21(26)9-7-19/h6-9,12-15,18,22H,2-5,10-11,16-17H2,1H3. The molecule has 0 aliphatic heterocycles. The second-order valence-electron chi connectivity index (χ2n) is 8.02. The number of nitrogens with zero attached hydrogens (tertiary/aromatic N) is 2. The van der Waals surface area contributed by atoms with Gasteiger partial charge in [-0.15, -0.1) is 0 Å². The number of rotatable bonds is 10. The summed E-state index contributed by atoms with van der Waals surface area (Å²) < 4.78 is 7.09. The molecule has 0 spiro atoms. The summed E-state index contributed by atoms with van der Waals surface area (Å²) in [5.41, 5.74) is 2.14. The molecule has 1 saturated carbocycles. The molecular formula is C25H29BrN2O. The summed E-state index contributed by atoms with van der Waals surface area (Å²) in [6.07, 6.45) is 9.63. The zero-order valence-corrected chi connectivity index (χ0v) is 18.7.